The van der Waals surface area contributed by atoms with Crippen molar-refractivity contribution in [2.24, 2.45) is 0 Å². The zero-order chi connectivity index (χ0) is 14.8. The summed E-state index contributed by atoms with van der Waals surface area (Å²) >= 11 is 0. The van der Waals surface area contributed by atoms with Gasteiger partial charge in [-0.3, -0.25) is 0 Å². The second kappa shape index (κ2) is 4.04. The van der Waals surface area contributed by atoms with Crippen molar-refractivity contribution < 1.29 is 18.1 Å². The Morgan fingerprint density at radius 3 is 2.05 bits per heavy atom. The predicted octanol–water partition coefficient (Wildman–Crippen LogP) is 3.08. The van der Waals surface area contributed by atoms with Crippen LogP contribution < -0.4 is 5.46 Å². The molecule has 0 atom stereocenters. The van der Waals surface area contributed by atoms with Crippen molar-refractivity contribution in [3.05, 3.63) is 29.6 Å². The fourth-order valence-electron chi connectivity index (χ4n) is 2.37. The summed E-state index contributed by atoms with van der Waals surface area (Å²) in [5.41, 5.74) is -1.61. The molecule has 0 radical (unpaired) electrons. The molecule has 1 aromatic carbocycles. The van der Waals surface area contributed by atoms with E-state index in [1.54, 1.807) is 12.1 Å². The quantitative estimate of drug-likeness (QED) is 0.775. The second-order valence-corrected chi connectivity index (χ2v) is 6.79. The largest absolute Gasteiger partial charge is 0.497 e. The van der Waals surface area contributed by atoms with E-state index in [2.05, 4.69) is 0 Å². The van der Waals surface area contributed by atoms with Crippen LogP contribution >= 0.6 is 0 Å². The van der Waals surface area contributed by atoms with Crippen molar-refractivity contribution in [2.75, 3.05) is 0 Å². The minimum atomic E-state index is -1.32. The van der Waals surface area contributed by atoms with Crippen LogP contribution in [0.2, 0.25) is 0 Å². The molecule has 20 heavy (non-hydrogen) atoms. The summed E-state index contributed by atoms with van der Waals surface area (Å²) in [6.07, 6.45) is 0.949. The van der Waals surface area contributed by atoms with Gasteiger partial charge in [0, 0.05) is 5.46 Å². The Morgan fingerprint density at radius 2 is 1.60 bits per heavy atom. The van der Waals surface area contributed by atoms with Crippen molar-refractivity contribution >= 4 is 12.6 Å². The van der Waals surface area contributed by atoms with E-state index in [9.17, 15) is 8.78 Å². The van der Waals surface area contributed by atoms with Gasteiger partial charge in [-0.05, 0) is 52.2 Å². The molecule has 2 nitrogen and oxygen atoms in total. The summed E-state index contributed by atoms with van der Waals surface area (Å²) in [4.78, 5) is 0. The fourth-order valence-corrected chi connectivity index (χ4v) is 2.37. The average Bonchev–Trinajstić information content (AvgIpc) is 3.01. The van der Waals surface area contributed by atoms with Crippen LogP contribution in [0.3, 0.4) is 0 Å². The molecule has 0 N–H and O–H groups in total. The standard InChI is InChI=1S/C15H19BF2O2/c1-13(2)14(3,4)20-16(19-13)11-6-5-10(9-12(11)17)15(18)7-8-15/h5-6,9H,7-8H2,1-4H3. The second-order valence-electron chi connectivity index (χ2n) is 6.79. The van der Waals surface area contributed by atoms with Crippen LogP contribution in [0.4, 0.5) is 8.78 Å². The van der Waals surface area contributed by atoms with Crippen LogP contribution in [0, 0.1) is 5.82 Å². The number of halogens is 2. The molecule has 1 saturated carbocycles. The minimum Gasteiger partial charge on any atom is -0.399 e. The number of rotatable bonds is 2. The molecular weight excluding hydrogens is 261 g/mol. The lowest BCUT2D eigenvalue weighted by Gasteiger charge is -2.32. The maximum Gasteiger partial charge on any atom is 0.497 e. The summed E-state index contributed by atoms with van der Waals surface area (Å²) in [6.45, 7) is 7.67. The van der Waals surface area contributed by atoms with Gasteiger partial charge in [0.15, 0.2) is 0 Å². The molecule has 5 heteroatoms. The number of hydrogen-bond donors (Lipinski definition) is 0. The highest BCUT2D eigenvalue weighted by Gasteiger charge is 2.53. The van der Waals surface area contributed by atoms with Crippen molar-refractivity contribution in [3.63, 3.8) is 0 Å². The van der Waals surface area contributed by atoms with Gasteiger partial charge in [0.05, 0.1) is 11.2 Å². The summed E-state index contributed by atoms with van der Waals surface area (Å²) in [5.74, 6) is -0.468. The van der Waals surface area contributed by atoms with Crippen LogP contribution in [-0.4, -0.2) is 18.3 Å². The third-order valence-corrected chi connectivity index (χ3v) is 4.71. The Hall–Kier alpha value is -0.935. The van der Waals surface area contributed by atoms with Crippen LogP contribution in [0.25, 0.3) is 0 Å². The summed E-state index contributed by atoms with van der Waals surface area (Å²) in [6, 6.07) is 4.48. The molecule has 1 aliphatic carbocycles. The van der Waals surface area contributed by atoms with E-state index in [1.165, 1.54) is 6.07 Å². The molecule has 1 heterocycles. The normalized spacial score (nSPS) is 25.8. The molecule has 3 rings (SSSR count). The molecule has 108 valence electrons. The molecule has 2 fully saturated rings. The van der Waals surface area contributed by atoms with Crippen LogP contribution in [0.5, 0.6) is 0 Å². The molecule has 2 aliphatic rings. The topological polar surface area (TPSA) is 18.5 Å². The third-order valence-electron chi connectivity index (χ3n) is 4.71. The minimum absolute atomic E-state index is 0.330. The van der Waals surface area contributed by atoms with Gasteiger partial charge in [-0.25, -0.2) is 8.78 Å². The molecule has 0 spiro atoms. The van der Waals surface area contributed by atoms with Crippen LogP contribution in [0.15, 0.2) is 18.2 Å². The van der Waals surface area contributed by atoms with Crippen molar-refractivity contribution in [2.45, 2.75) is 57.4 Å². The molecule has 0 aromatic heterocycles. The van der Waals surface area contributed by atoms with Gasteiger partial charge in [-0.2, -0.15) is 0 Å². The highest BCUT2D eigenvalue weighted by molar-refractivity contribution is 6.62. The van der Waals surface area contributed by atoms with E-state index in [0.29, 0.717) is 23.9 Å². The van der Waals surface area contributed by atoms with Crippen molar-refractivity contribution in [1.82, 2.24) is 0 Å². The van der Waals surface area contributed by atoms with Crippen molar-refractivity contribution in [3.8, 4) is 0 Å². The smallest absolute Gasteiger partial charge is 0.399 e. The maximum atomic E-state index is 14.2. The van der Waals surface area contributed by atoms with Gasteiger partial charge >= 0.3 is 7.12 Å². The number of benzene rings is 1. The molecule has 0 bridgehead atoms. The van der Waals surface area contributed by atoms with E-state index in [0.717, 1.165) is 0 Å². The predicted molar refractivity (Wildman–Crippen MR) is 74.1 cm³/mol. The summed E-state index contributed by atoms with van der Waals surface area (Å²) < 4.78 is 39.8. The SMILES string of the molecule is CC1(C)OB(c2ccc(C3(F)CC3)cc2F)OC1(C)C. The zero-order valence-electron chi connectivity index (χ0n) is 12.3. The maximum absolute atomic E-state index is 14.2. The summed E-state index contributed by atoms with van der Waals surface area (Å²) in [5, 5.41) is 0. The lowest BCUT2D eigenvalue weighted by Crippen LogP contribution is -2.41. The monoisotopic (exact) mass is 280 g/mol. The molecule has 1 aromatic rings. The van der Waals surface area contributed by atoms with E-state index in [4.69, 9.17) is 9.31 Å². The van der Waals surface area contributed by atoms with Gasteiger partial charge in [-0.1, -0.05) is 12.1 Å². The van der Waals surface area contributed by atoms with Gasteiger partial charge in [0.25, 0.3) is 0 Å². The van der Waals surface area contributed by atoms with Crippen molar-refractivity contribution in [1.29, 1.82) is 0 Å². The van der Waals surface area contributed by atoms with E-state index in [1.807, 2.05) is 27.7 Å². The highest BCUT2D eigenvalue weighted by atomic mass is 19.1. The van der Waals surface area contributed by atoms with Gasteiger partial charge in [-0.15, -0.1) is 0 Å². The first-order valence-corrected chi connectivity index (χ1v) is 6.99. The van der Waals surface area contributed by atoms with E-state index >= 15 is 0 Å². The Morgan fingerprint density at radius 1 is 1.05 bits per heavy atom. The van der Waals surface area contributed by atoms with Crippen LogP contribution in [-0.2, 0) is 15.0 Å². The molecule has 1 aliphatic heterocycles. The Bertz CT molecular complexity index is 537. The lowest BCUT2D eigenvalue weighted by molar-refractivity contribution is 0.00578. The number of hydrogen-bond acceptors (Lipinski definition) is 2. The average molecular weight is 280 g/mol. The fraction of sp³-hybridized carbons (Fsp3) is 0.600. The third kappa shape index (κ3) is 2.08. The van der Waals surface area contributed by atoms with Gasteiger partial charge in [0.2, 0.25) is 0 Å². The molecule has 0 amide bonds. The first-order valence-electron chi connectivity index (χ1n) is 6.99. The highest BCUT2D eigenvalue weighted by Crippen LogP contribution is 2.49. The molecule has 1 saturated heterocycles. The number of alkyl halides is 1. The van der Waals surface area contributed by atoms with E-state index in [-0.39, 0.29) is 0 Å². The Kier molecular flexibility index (Phi) is 2.84. The Balaban J connectivity index is 1.89. The summed E-state index contributed by atoms with van der Waals surface area (Å²) in [7, 11) is -0.746. The lowest BCUT2D eigenvalue weighted by atomic mass is 9.78. The first-order chi connectivity index (χ1) is 9.15. The first kappa shape index (κ1) is 14.0. The zero-order valence-corrected chi connectivity index (χ0v) is 12.3. The molecule has 0 unspecified atom stereocenters. The molecular formula is C15H19BF2O2. The van der Waals surface area contributed by atoms with Gasteiger partial charge in [0.1, 0.15) is 11.5 Å². The Labute approximate surface area is 118 Å². The van der Waals surface area contributed by atoms with Gasteiger partial charge < -0.3 is 9.31 Å². The van der Waals surface area contributed by atoms with E-state index < -0.39 is 29.8 Å². The van der Waals surface area contributed by atoms with Crippen LogP contribution in [0.1, 0.15) is 46.1 Å².